The van der Waals surface area contributed by atoms with Gasteiger partial charge in [-0.2, -0.15) is 0 Å². The topological polar surface area (TPSA) is 45.7 Å². The fraction of sp³-hybridized carbons (Fsp3) is 0.312. The molecule has 0 fully saturated rings. The lowest BCUT2D eigenvalue weighted by Crippen LogP contribution is -2.40. The largest absolute Gasteiger partial charge is 0.489 e. The lowest BCUT2D eigenvalue weighted by Gasteiger charge is -2.12. The van der Waals surface area contributed by atoms with E-state index < -0.39 is 11.6 Å². The summed E-state index contributed by atoms with van der Waals surface area (Å²) in [5.74, 6) is -0.634. The summed E-state index contributed by atoms with van der Waals surface area (Å²) in [4.78, 5) is 5.41. The van der Waals surface area contributed by atoms with E-state index in [1.165, 1.54) is 10.9 Å². The summed E-state index contributed by atoms with van der Waals surface area (Å²) in [6.07, 6.45) is 0.926. The van der Waals surface area contributed by atoms with Crippen molar-refractivity contribution in [2.45, 2.75) is 6.42 Å². The highest BCUT2D eigenvalue weighted by Gasteiger charge is 2.04. The second-order valence-corrected chi connectivity index (χ2v) is 5.71. The Morgan fingerprint density at radius 3 is 2.74 bits per heavy atom. The molecule has 2 rings (SSSR count). The van der Waals surface area contributed by atoms with Crippen LogP contribution in [-0.4, -0.2) is 32.7 Å². The third kappa shape index (κ3) is 5.86. The highest BCUT2D eigenvalue weighted by atomic mass is 32.1. The van der Waals surface area contributed by atoms with Crippen LogP contribution in [0.3, 0.4) is 0 Å². The average Bonchev–Trinajstić information content (AvgIpc) is 3.04. The van der Waals surface area contributed by atoms with E-state index in [-0.39, 0.29) is 12.4 Å². The van der Waals surface area contributed by atoms with Crippen LogP contribution in [-0.2, 0) is 6.42 Å². The van der Waals surface area contributed by atoms with Crippen molar-refractivity contribution in [2.24, 2.45) is 4.99 Å². The zero-order chi connectivity index (χ0) is 16.5. The zero-order valence-electron chi connectivity index (χ0n) is 12.8. The fourth-order valence-electron chi connectivity index (χ4n) is 1.90. The van der Waals surface area contributed by atoms with Gasteiger partial charge in [0.2, 0.25) is 0 Å². The molecule has 2 aromatic rings. The molecule has 0 amide bonds. The molecule has 23 heavy (non-hydrogen) atoms. The molecule has 0 aliphatic carbocycles. The summed E-state index contributed by atoms with van der Waals surface area (Å²) in [5, 5.41) is 8.31. The van der Waals surface area contributed by atoms with Crippen molar-refractivity contribution < 1.29 is 13.5 Å². The Balaban J connectivity index is 1.65. The van der Waals surface area contributed by atoms with Gasteiger partial charge in [0.1, 0.15) is 12.4 Å². The minimum Gasteiger partial charge on any atom is -0.489 e. The number of nitrogens with one attached hydrogen (secondary N) is 2. The van der Waals surface area contributed by atoms with Gasteiger partial charge in [-0.25, -0.2) is 8.78 Å². The predicted octanol–water partition coefficient (Wildman–Crippen LogP) is 2.81. The number of hydrogen-bond acceptors (Lipinski definition) is 3. The molecule has 0 saturated carbocycles. The van der Waals surface area contributed by atoms with E-state index in [1.54, 1.807) is 18.4 Å². The molecule has 0 saturated heterocycles. The molecule has 0 unspecified atom stereocenters. The van der Waals surface area contributed by atoms with Gasteiger partial charge in [-0.15, -0.1) is 11.3 Å². The minimum atomic E-state index is -0.705. The smallest absolute Gasteiger partial charge is 0.191 e. The van der Waals surface area contributed by atoms with Gasteiger partial charge in [0.15, 0.2) is 17.5 Å². The van der Waals surface area contributed by atoms with Crippen molar-refractivity contribution >= 4 is 17.3 Å². The molecule has 1 aromatic carbocycles. The Morgan fingerprint density at radius 2 is 2.04 bits per heavy atom. The van der Waals surface area contributed by atoms with E-state index in [1.807, 2.05) is 11.4 Å². The summed E-state index contributed by atoms with van der Waals surface area (Å²) in [7, 11) is 1.68. The van der Waals surface area contributed by atoms with Crippen molar-refractivity contribution in [1.82, 2.24) is 10.6 Å². The predicted molar refractivity (Wildman–Crippen MR) is 89.2 cm³/mol. The van der Waals surface area contributed by atoms with E-state index in [0.717, 1.165) is 25.1 Å². The molecule has 0 radical (unpaired) electrons. The van der Waals surface area contributed by atoms with Gasteiger partial charge in [0, 0.05) is 24.5 Å². The van der Waals surface area contributed by atoms with E-state index in [0.29, 0.717) is 12.5 Å². The van der Waals surface area contributed by atoms with Gasteiger partial charge in [-0.05, 0) is 30.0 Å². The van der Waals surface area contributed by atoms with Crippen LogP contribution in [0.15, 0.2) is 40.7 Å². The van der Waals surface area contributed by atoms with Crippen LogP contribution in [0.4, 0.5) is 8.78 Å². The molecule has 7 heteroatoms. The lowest BCUT2D eigenvalue weighted by atomic mass is 10.3. The molecule has 124 valence electrons. The van der Waals surface area contributed by atoms with E-state index in [9.17, 15) is 8.78 Å². The SMILES string of the molecule is CN=C(NCCOc1ccc(F)cc1F)NCCc1cccs1. The van der Waals surface area contributed by atoms with Gasteiger partial charge in [-0.1, -0.05) is 6.07 Å². The van der Waals surface area contributed by atoms with Crippen LogP contribution in [0.1, 0.15) is 4.88 Å². The number of thiophene rings is 1. The second kappa shape index (κ2) is 9.09. The van der Waals surface area contributed by atoms with Crippen molar-refractivity contribution in [1.29, 1.82) is 0 Å². The van der Waals surface area contributed by atoms with Gasteiger partial charge < -0.3 is 15.4 Å². The molecule has 0 spiro atoms. The van der Waals surface area contributed by atoms with Gasteiger partial charge >= 0.3 is 0 Å². The summed E-state index contributed by atoms with van der Waals surface area (Å²) in [5.41, 5.74) is 0. The maximum atomic E-state index is 13.4. The van der Waals surface area contributed by atoms with Crippen LogP contribution in [0.2, 0.25) is 0 Å². The second-order valence-electron chi connectivity index (χ2n) is 4.68. The molecule has 1 aromatic heterocycles. The monoisotopic (exact) mass is 339 g/mol. The average molecular weight is 339 g/mol. The Labute approximate surface area is 138 Å². The Bertz CT molecular complexity index is 632. The summed E-state index contributed by atoms with van der Waals surface area (Å²) < 4.78 is 31.4. The van der Waals surface area contributed by atoms with Gasteiger partial charge in [0.25, 0.3) is 0 Å². The van der Waals surface area contributed by atoms with Gasteiger partial charge in [0.05, 0.1) is 6.54 Å². The number of halogens is 2. The van der Waals surface area contributed by atoms with Crippen molar-refractivity contribution in [2.75, 3.05) is 26.7 Å². The summed E-state index contributed by atoms with van der Waals surface area (Å²) in [6, 6.07) is 7.36. The first kappa shape index (κ1) is 17.2. The number of hydrogen-bond donors (Lipinski definition) is 2. The van der Waals surface area contributed by atoms with Crippen molar-refractivity contribution in [3.05, 3.63) is 52.2 Å². The number of ether oxygens (including phenoxy) is 1. The maximum Gasteiger partial charge on any atom is 0.191 e. The third-order valence-electron chi connectivity index (χ3n) is 3.01. The standard InChI is InChI=1S/C16H19F2N3OS/c1-19-16(20-7-6-13-3-2-10-23-13)21-8-9-22-15-5-4-12(17)11-14(15)18/h2-5,10-11H,6-9H2,1H3,(H2,19,20,21). The minimum absolute atomic E-state index is 0.0360. The third-order valence-corrected chi connectivity index (χ3v) is 3.95. The molecular formula is C16H19F2N3OS. The number of aliphatic imine (C=N–C) groups is 1. The molecule has 2 N–H and O–H groups in total. The van der Waals surface area contributed by atoms with Crippen LogP contribution in [0.5, 0.6) is 5.75 Å². The Kier molecular flexibility index (Phi) is 6.80. The molecule has 0 bridgehead atoms. The van der Waals surface area contributed by atoms with Crippen molar-refractivity contribution in [3.63, 3.8) is 0 Å². The van der Waals surface area contributed by atoms with Crippen molar-refractivity contribution in [3.8, 4) is 5.75 Å². The van der Waals surface area contributed by atoms with Crippen LogP contribution in [0, 0.1) is 11.6 Å². The highest BCUT2D eigenvalue weighted by molar-refractivity contribution is 7.09. The van der Waals surface area contributed by atoms with E-state index in [4.69, 9.17) is 4.74 Å². The van der Waals surface area contributed by atoms with Crippen LogP contribution < -0.4 is 15.4 Å². The number of benzene rings is 1. The van der Waals surface area contributed by atoms with E-state index >= 15 is 0 Å². The first-order valence-corrected chi connectivity index (χ1v) is 8.12. The molecule has 0 aliphatic rings. The zero-order valence-corrected chi connectivity index (χ0v) is 13.6. The van der Waals surface area contributed by atoms with Crippen LogP contribution in [0.25, 0.3) is 0 Å². The fourth-order valence-corrected chi connectivity index (χ4v) is 2.61. The lowest BCUT2D eigenvalue weighted by molar-refractivity contribution is 0.304. The normalized spacial score (nSPS) is 11.3. The number of nitrogens with zero attached hydrogens (tertiary/aromatic N) is 1. The first-order chi connectivity index (χ1) is 11.2. The molecule has 0 aliphatic heterocycles. The maximum absolute atomic E-state index is 13.4. The van der Waals surface area contributed by atoms with Gasteiger partial charge in [-0.3, -0.25) is 4.99 Å². The Hall–Kier alpha value is -2.15. The molecular weight excluding hydrogens is 320 g/mol. The number of rotatable bonds is 7. The molecule has 4 nitrogen and oxygen atoms in total. The quantitative estimate of drug-likeness (QED) is 0.463. The molecule has 0 atom stereocenters. The molecule has 1 heterocycles. The summed E-state index contributed by atoms with van der Waals surface area (Å²) >= 11 is 1.72. The summed E-state index contributed by atoms with van der Waals surface area (Å²) in [6.45, 7) is 1.47. The Morgan fingerprint density at radius 1 is 1.22 bits per heavy atom. The first-order valence-electron chi connectivity index (χ1n) is 7.24. The number of guanidine groups is 1. The van der Waals surface area contributed by atoms with E-state index in [2.05, 4.69) is 21.7 Å². The highest BCUT2D eigenvalue weighted by Crippen LogP contribution is 2.17. The van der Waals surface area contributed by atoms with Crippen LogP contribution >= 0.6 is 11.3 Å².